The summed E-state index contributed by atoms with van der Waals surface area (Å²) in [7, 11) is 0. The molecule has 13 heavy (non-hydrogen) atoms. The maximum atomic E-state index is 11.7. The Morgan fingerprint density at radius 2 is 2.15 bits per heavy atom. The standard InChI is InChI=1S/C10H9NOS/c1-6-7(2)13-10-8(9(6)12)4-3-5-11-10/h3-5H,1-2H3. The van der Waals surface area contributed by atoms with Gasteiger partial charge in [-0.1, -0.05) is 0 Å². The van der Waals surface area contributed by atoms with Crippen LogP contribution in [0.25, 0.3) is 10.2 Å². The van der Waals surface area contributed by atoms with Crippen molar-refractivity contribution in [1.82, 2.24) is 4.98 Å². The largest absolute Gasteiger partial charge is 0.289 e. The molecule has 0 radical (unpaired) electrons. The fraction of sp³-hybridized carbons (Fsp3) is 0.200. The number of rotatable bonds is 0. The maximum absolute atomic E-state index is 11.7. The van der Waals surface area contributed by atoms with Crippen LogP contribution < -0.4 is 5.43 Å². The summed E-state index contributed by atoms with van der Waals surface area (Å²) in [6, 6.07) is 3.62. The van der Waals surface area contributed by atoms with Gasteiger partial charge in [0.2, 0.25) is 0 Å². The topological polar surface area (TPSA) is 30.0 Å². The average molecular weight is 191 g/mol. The molecule has 2 rings (SSSR count). The van der Waals surface area contributed by atoms with Gasteiger partial charge in [-0.2, -0.15) is 0 Å². The molecule has 0 aromatic carbocycles. The summed E-state index contributed by atoms with van der Waals surface area (Å²) in [6.45, 7) is 3.82. The highest BCUT2D eigenvalue weighted by atomic mass is 32.1. The van der Waals surface area contributed by atoms with Crippen molar-refractivity contribution in [2.24, 2.45) is 0 Å². The Morgan fingerprint density at radius 3 is 2.92 bits per heavy atom. The molecule has 0 N–H and O–H groups in total. The molecule has 0 bridgehead atoms. The lowest BCUT2D eigenvalue weighted by molar-refractivity contribution is 1.36. The molecule has 0 saturated carbocycles. The van der Waals surface area contributed by atoms with Crippen LogP contribution >= 0.6 is 11.3 Å². The normalized spacial score (nSPS) is 10.6. The van der Waals surface area contributed by atoms with Gasteiger partial charge in [0.05, 0.1) is 5.39 Å². The van der Waals surface area contributed by atoms with E-state index in [-0.39, 0.29) is 5.43 Å². The van der Waals surface area contributed by atoms with Crippen LogP contribution in [0.15, 0.2) is 23.1 Å². The SMILES string of the molecule is Cc1sc2ncccc2c(=O)c1C. The molecular formula is C10H9NOS. The third kappa shape index (κ3) is 1.25. The summed E-state index contributed by atoms with van der Waals surface area (Å²) in [6.07, 6.45) is 1.72. The monoisotopic (exact) mass is 191 g/mol. The Labute approximate surface area is 79.9 Å². The van der Waals surface area contributed by atoms with E-state index in [0.717, 1.165) is 20.7 Å². The second kappa shape index (κ2) is 2.92. The second-order valence-corrected chi connectivity index (χ2v) is 4.17. The Morgan fingerprint density at radius 1 is 1.38 bits per heavy atom. The fourth-order valence-electron chi connectivity index (χ4n) is 1.23. The van der Waals surface area contributed by atoms with E-state index in [1.54, 1.807) is 23.6 Å². The quantitative estimate of drug-likeness (QED) is 0.639. The average Bonchev–Trinajstić information content (AvgIpc) is 2.15. The van der Waals surface area contributed by atoms with Crippen LogP contribution in [0.2, 0.25) is 0 Å². The zero-order valence-electron chi connectivity index (χ0n) is 7.50. The van der Waals surface area contributed by atoms with Gasteiger partial charge in [-0.05, 0) is 26.0 Å². The number of hydrogen-bond acceptors (Lipinski definition) is 3. The van der Waals surface area contributed by atoms with Gasteiger partial charge in [0.25, 0.3) is 0 Å². The first-order valence-corrected chi connectivity index (χ1v) is 4.87. The van der Waals surface area contributed by atoms with E-state index in [1.165, 1.54) is 0 Å². The summed E-state index contributed by atoms with van der Waals surface area (Å²) >= 11 is 1.57. The number of pyridine rings is 1. The molecule has 0 saturated heterocycles. The van der Waals surface area contributed by atoms with Crippen molar-refractivity contribution in [3.63, 3.8) is 0 Å². The summed E-state index contributed by atoms with van der Waals surface area (Å²) in [5.41, 5.74) is 0.949. The van der Waals surface area contributed by atoms with Gasteiger partial charge in [0, 0.05) is 16.6 Å². The lowest BCUT2D eigenvalue weighted by atomic mass is 10.2. The van der Waals surface area contributed by atoms with Crippen LogP contribution in [0.3, 0.4) is 0 Å². The van der Waals surface area contributed by atoms with Crippen molar-refractivity contribution in [3.05, 3.63) is 39.0 Å². The van der Waals surface area contributed by atoms with Crippen LogP contribution in [-0.2, 0) is 0 Å². The molecule has 0 aliphatic rings. The molecule has 2 heterocycles. The van der Waals surface area contributed by atoms with E-state index >= 15 is 0 Å². The van der Waals surface area contributed by atoms with Crippen molar-refractivity contribution in [3.8, 4) is 0 Å². The van der Waals surface area contributed by atoms with Crippen LogP contribution in [0.4, 0.5) is 0 Å². The Kier molecular flexibility index (Phi) is 1.88. The molecule has 2 nitrogen and oxygen atoms in total. The number of aryl methyl sites for hydroxylation is 1. The second-order valence-electron chi connectivity index (χ2n) is 2.97. The first-order chi connectivity index (χ1) is 6.20. The Bertz CT molecular complexity index is 516. The summed E-state index contributed by atoms with van der Waals surface area (Å²) in [5, 5.41) is 0.732. The minimum Gasteiger partial charge on any atom is -0.289 e. The van der Waals surface area contributed by atoms with Gasteiger partial charge < -0.3 is 0 Å². The van der Waals surface area contributed by atoms with E-state index in [4.69, 9.17) is 0 Å². The lowest BCUT2D eigenvalue weighted by Crippen LogP contribution is -2.06. The van der Waals surface area contributed by atoms with Crippen molar-refractivity contribution in [2.75, 3.05) is 0 Å². The summed E-state index contributed by atoms with van der Waals surface area (Å²) in [5.74, 6) is 0. The number of nitrogens with zero attached hydrogens (tertiary/aromatic N) is 1. The number of aromatic nitrogens is 1. The third-order valence-corrected chi connectivity index (χ3v) is 3.27. The Balaban J connectivity index is 3.03. The van der Waals surface area contributed by atoms with Crippen LogP contribution in [0.5, 0.6) is 0 Å². The highest BCUT2D eigenvalue weighted by molar-refractivity contribution is 7.18. The predicted molar refractivity (Wildman–Crippen MR) is 55.4 cm³/mol. The fourth-order valence-corrected chi connectivity index (χ4v) is 2.15. The first kappa shape index (κ1) is 8.38. The minimum atomic E-state index is 0.111. The lowest BCUT2D eigenvalue weighted by Gasteiger charge is -1.99. The summed E-state index contributed by atoms with van der Waals surface area (Å²) < 4.78 is 0. The zero-order valence-corrected chi connectivity index (χ0v) is 8.31. The highest BCUT2D eigenvalue weighted by Gasteiger charge is 2.04. The van der Waals surface area contributed by atoms with Crippen LogP contribution in [0.1, 0.15) is 10.4 Å². The van der Waals surface area contributed by atoms with Crippen LogP contribution in [0, 0.1) is 13.8 Å². The Hall–Kier alpha value is -1.22. The molecule has 2 aromatic heterocycles. The highest BCUT2D eigenvalue weighted by Crippen LogP contribution is 2.17. The molecule has 0 atom stereocenters. The van der Waals surface area contributed by atoms with Gasteiger partial charge in [-0.15, -0.1) is 11.3 Å². The molecule has 0 unspecified atom stereocenters. The smallest absolute Gasteiger partial charge is 0.192 e. The van der Waals surface area contributed by atoms with Crippen molar-refractivity contribution in [1.29, 1.82) is 0 Å². The number of fused-ring (bicyclic) bond motifs is 1. The van der Waals surface area contributed by atoms with E-state index in [1.807, 2.05) is 19.9 Å². The van der Waals surface area contributed by atoms with Gasteiger partial charge in [0.15, 0.2) is 5.43 Å². The van der Waals surface area contributed by atoms with Crippen molar-refractivity contribution >= 4 is 21.6 Å². The molecular weight excluding hydrogens is 182 g/mol. The van der Waals surface area contributed by atoms with E-state index in [0.29, 0.717) is 0 Å². The van der Waals surface area contributed by atoms with Crippen LogP contribution in [-0.4, -0.2) is 4.98 Å². The van der Waals surface area contributed by atoms with Gasteiger partial charge in [0.1, 0.15) is 4.83 Å². The van der Waals surface area contributed by atoms with Gasteiger partial charge >= 0.3 is 0 Å². The molecule has 0 amide bonds. The summed E-state index contributed by atoms with van der Waals surface area (Å²) in [4.78, 5) is 17.8. The van der Waals surface area contributed by atoms with Crippen molar-refractivity contribution < 1.29 is 0 Å². The van der Waals surface area contributed by atoms with E-state index in [9.17, 15) is 4.79 Å². The predicted octanol–water partition coefficient (Wildman–Crippen LogP) is 2.27. The molecule has 0 aliphatic heterocycles. The zero-order chi connectivity index (χ0) is 9.42. The number of hydrogen-bond donors (Lipinski definition) is 0. The van der Waals surface area contributed by atoms with E-state index in [2.05, 4.69) is 4.98 Å². The molecule has 66 valence electrons. The molecule has 0 fully saturated rings. The molecule has 3 heteroatoms. The van der Waals surface area contributed by atoms with E-state index < -0.39 is 0 Å². The van der Waals surface area contributed by atoms with Gasteiger partial charge in [-0.25, -0.2) is 4.98 Å². The minimum absolute atomic E-state index is 0.111. The molecule has 2 aromatic rings. The molecule has 0 aliphatic carbocycles. The third-order valence-electron chi connectivity index (χ3n) is 2.13. The first-order valence-electron chi connectivity index (χ1n) is 4.05. The van der Waals surface area contributed by atoms with Crippen molar-refractivity contribution in [2.45, 2.75) is 13.8 Å². The maximum Gasteiger partial charge on any atom is 0.192 e. The van der Waals surface area contributed by atoms with Gasteiger partial charge in [-0.3, -0.25) is 4.79 Å². The molecule has 0 spiro atoms.